The summed E-state index contributed by atoms with van der Waals surface area (Å²) in [6.45, 7) is 8.90. The minimum Gasteiger partial charge on any atom is -0.350 e. The number of fused-ring (bicyclic) bond motifs is 2. The highest BCUT2D eigenvalue weighted by atomic mass is 32.2. The van der Waals surface area contributed by atoms with E-state index in [2.05, 4.69) is 34.5 Å². The Kier molecular flexibility index (Phi) is 6.52. The molecule has 154 valence electrons. The fraction of sp³-hybridized carbons (Fsp3) is 0.391. The molecule has 3 rings (SSSR count). The van der Waals surface area contributed by atoms with Gasteiger partial charge in [0.15, 0.2) is 0 Å². The van der Waals surface area contributed by atoms with E-state index in [4.69, 9.17) is 0 Å². The van der Waals surface area contributed by atoms with Crippen LogP contribution in [0.1, 0.15) is 34.1 Å². The van der Waals surface area contributed by atoms with Gasteiger partial charge in [-0.3, -0.25) is 9.59 Å². The molecular weight excluding hydrogens is 382 g/mol. The zero-order valence-electron chi connectivity index (χ0n) is 17.6. The lowest BCUT2D eigenvalue weighted by Gasteiger charge is -2.33. The number of amides is 2. The molecule has 5 nitrogen and oxygen atoms in total. The lowest BCUT2D eigenvalue weighted by Crippen LogP contribution is -2.47. The van der Waals surface area contributed by atoms with Crippen molar-refractivity contribution in [2.75, 3.05) is 24.5 Å². The molecule has 0 spiro atoms. The normalized spacial score (nSPS) is 12.8. The molecule has 1 aliphatic rings. The van der Waals surface area contributed by atoms with Crippen LogP contribution in [0.25, 0.3) is 0 Å². The summed E-state index contributed by atoms with van der Waals surface area (Å²) in [5, 5.41) is 2.92. The molecular formula is C23H29N3O2S. The number of para-hydroxylation sites is 2. The highest BCUT2D eigenvalue weighted by Gasteiger charge is 2.25. The number of anilines is 2. The summed E-state index contributed by atoms with van der Waals surface area (Å²) < 4.78 is 0. The molecule has 1 heterocycles. The molecule has 1 N–H and O–H groups in total. The third kappa shape index (κ3) is 5.32. The number of likely N-dealkylation sites (N-methyl/N-ethyl adjacent to an activating group) is 1. The van der Waals surface area contributed by atoms with Crippen molar-refractivity contribution in [2.24, 2.45) is 0 Å². The molecule has 2 amide bonds. The summed E-state index contributed by atoms with van der Waals surface area (Å²) >= 11 is 1.76. The van der Waals surface area contributed by atoms with Gasteiger partial charge in [-0.25, -0.2) is 0 Å². The number of rotatable bonds is 6. The first-order valence-electron chi connectivity index (χ1n) is 10.0. The van der Waals surface area contributed by atoms with Crippen molar-refractivity contribution in [1.29, 1.82) is 0 Å². The second-order valence-electron chi connectivity index (χ2n) is 8.15. The number of nitrogens with zero attached hydrogens (tertiary/aromatic N) is 2. The van der Waals surface area contributed by atoms with E-state index in [1.54, 1.807) is 16.7 Å². The lowest BCUT2D eigenvalue weighted by atomic mass is 10.1. The molecule has 0 aromatic heterocycles. The van der Waals surface area contributed by atoms with Crippen LogP contribution in [0.2, 0.25) is 0 Å². The smallest absolute Gasteiger partial charge is 0.240 e. The van der Waals surface area contributed by atoms with Crippen LogP contribution in [0.4, 0.5) is 11.4 Å². The van der Waals surface area contributed by atoms with E-state index in [9.17, 15) is 9.59 Å². The molecule has 0 atom stereocenters. The first-order valence-corrected chi connectivity index (χ1v) is 10.8. The number of carbonyl (C=O) groups is 2. The molecule has 0 saturated carbocycles. The fourth-order valence-corrected chi connectivity index (χ4v) is 4.49. The predicted molar refractivity (Wildman–Crippen MR) is 119 cm³/mol. The number of benzene rings is 2. The van der Waals surface area contributed by atoms with E-state index in [-0.39, 0.29) is 23.9 Å². The van der Waals surface area contributed by atoms with E-state index >= 15 is 0 Å². The molecule has 29 heavy (non-hydrogen) atoms. The van der Waals surface area contributed by atoms with E-state index in [0.29, 0.717) is 19.5 Å². The lowest BCUT2D eigenvalue weighted by molar-refractivity contribution is -0.136. The van der Waals surface area contributed by atoms with Crippen molar-refractivity contribution in [3.8, 4) is 0 Å². The van der Waals surface area contributed by atoms with Gasteiger partial charge in [-0.05, 0) is 52.0 Å². The summed E-state index contributed by atoms with van der Waals surface area (Å²) in [6, 6.07) is 16.5. The summed E-state index contributed by atoms with van der Waals surface area (Å²) in [5.74, 6) is -0.137. The Bertz CT molecular complexity index is 846. The Balaban J connectivity index is 1.70. The molecule has 0 bridgehead atoms. The van der Waals surface area contributed by atoms with Crippen molar-refractivity contribution in [3.05, 3.63) is 48.5 Å². The third-order valence-electron chi connectivity index (χ3n) is 4.66. The Hall–Kier alpha value is -2.47. The Morgan fingerprint density at radius 2 is 1.55 bits per heavy atom. The summed E-state index contributed by atoms with van der Waals surface area (Å²) in [5.41, 5.74) is 1.94. The third-order valence-corrected chi connectivity index (χ3v) is 5.79. The largest absolute Gasteiger partial charge is 0.350 e. The van der Waals surface area contributed by atoms with Crippen molar-refractivity contribution in [2.45, 2.75) is 49.4 Å². The van der Waals surface area contributed by atoms with E-state index in [1.165, 1.54) is 9.79 Å². The van der Waals surface area contributed by atoms with Crippen LogP contribution in [-0.4, -0.2) is 41.9 Å². The first kappa shape index (κ1) is 21.2. The maximum atomic E-state index is 12.9. The van der Waals surface area contributed by atoms with Crippen molar-refractivity contribution >= 4 is 35.0 Å². The van der Waals surface area contributed by atoms with Gasteiger partial charge in [0.1, 0.15) is 0 Å². The number of nitrogens with one attached hydrogen (secondary N) is 1. The van der Waals surface area contributed by atoms with Gasteiger partial charge < -0.3 is 15.1 Å². The Morgan fingerprint density at radius 1 is 1.00 bits per heavy atom. The van der Waals surface area contributed by atoms with E-state index in [0.717, 1.165) is 11.4 Å². The molecule has 2 aromatic carbocycles. The van der Waals surface area contributed by atoms with Crippen LogP contribution >= 0.6 is 11.8 Å². The molecule has 0 aliphatic carbocycles. The summed E-state index contributed by atoms with van der Waals surface area (Å²) in [4.78, 5) is 31.3. The highest BCUT2D eigenvalue weighted by molar-refractivity contribution is 7.99. The van der Waals surface area contributed by atoms with Crippen molar-refractivity contribution < 1.29 is 9.59 Å². The minimum absolute atomic E-state index is 0.00949. The maximum Gasteiger partial charge on any atom is 0.240 e. The fourth-order valence-electron chi connectivity index (χ4n) is 3.40. The van der Waals surface area contributed by atoms with Gasteiger partial charge in [-0.2, -0.15) is 0 Å². The van der Waals surface area contributed by atoms with Gasteiger partial charge in [0, 0.05) is 34.8 Å². The van der Waals surface area contributed by atoms with Crippen LogP contribution in [0.15, 0.2) is 58.3 Å². The number of carbonyl (C=O) groups excluding carboxylic acids is 2. The molecule has 0 fully saturated rings. The molecule has 2 aromatic rings. The summed E-state index contributed by atoms with van der Waals surface area (Å²) in [7, 11) is 0. The molecule has 0 unspecified atom stereocenters. The zero-order valence-corrected chi connectivity index (χ0v) is 18.4. The van der Waals surface area contributed by atoms with Gasteiger partial charge in [0.2, 0.25) is 11.8 Å². The van der Waals surface area contributed by atoms with Crippen LogP contribution in [0.5, 0.6) is 0 Å². The monoisotopic (exact) mass is 411 g/mol. The summed E-state index contributed by atoms with van der Waals surface area (Å²) in [6.07, 6.45) is 0.351. The topological polar surface area (TPSA) is 52.7 Å². The van der Waals surface area contributed by atoms with Gasteiger partial charge in [0.25, 0.3) is 0 Å². The van der Waals surface area contributed by atoms with Crippen molar-refractivity contribution in [1.82, 2.24) is 10.2 Å². The van der Waals surface area contributed by atoms with Gasteiger partial charge in [-0.15, -0.1) is 0 Å². The maximum absolute atomic E-state index is 12.9. The first-order chi connectivity index (χ1) is 13.8. The second-order valence-corrected chi connectivity index (χ2v) is 9.23. The van der Waals surface area contributed by atoms with Gasteiger partial charge in [-0.1, -0.05) is 36.0 Å². The molecule has 6 heteroatoms. The second kappa shape index (κ2) is 8.91. The van der Waals surface area contributed by atoms with Gasteiger partial charge >= 0.3 is 0 Å². The SMILES string of the molecule is CCN(CC(=O)NC(C)(C)C)C(=O)CCN1c2ccccc2Sc2ccccc21. The van der Waals surface area contributed by atoms with Crippen LogP contribution in [0.3, 0.4) is 0 Å². The average molecular weight is 412 g/mol. The molecule has 1 aliphatic heterocycles. The average Bonchev–Trinajstić information content (AvgIpc) is 2.67. The highest BCUT2D eigenvalue weighted by Crippen LogP contribution is 2.47. The van der Waals surface area contributed by atoms with Crippen LogP contribution < -0.4 is 10.2 Å². The standard InChI is InChI=1S/C23H29N3O2S/c1-5-25(16-21(27)24-23(2,3)4)22(28)14-15-26-17-10-6-8-12-19(17)29-20-13-9-7-11-18(20)26/h6-13H,5,14-16H2,1-4H3,(H,24,27). The number of hydrogen-bond acceptors (Lipinski definition) is 4. The molecule has 0 radical (unpaired) electrons. The van der Waals surface area contributed by atoms with E-state index < -0.39 is 0 Å². The number of hydrogen-bond donors (Lipinski definition) is 1. The van der Waals surface area contributed by atoms with Crippen molar-refractivity contribution in [3.63, 3.8) is 0 Å². The van der Waals surface area contributed by atoms with E-state index in [1.807, 2.05) is 52.0 Å². The Labute approximate surface area is 177 Å². The Morgan fingerprint density at radius 3 is 2.07 bits per heavy atom. The quantitative estimate of drug-likeness (QED) is 0.763. The van der Waals surface area contributed by atoms with Gasteiger partial charge in [0.05, 0.1) is 17.9 Å². The van der Waals surface area contributed by atoms with Crippen LogP contribution in [-0.2, 0) is 9.59 Å². The predicted octanol–water partition coefficient (Wildman–Crippen LogP) is 4.44. The minimum atomic E-state index is -0.307. The zero-order chi connectivity index (χ0) is 21.0. The van der Waals surface area contributed by atoms with Crippen LogP contribution in [0, 0.1) is 0 Å². The molecule has 0 saturated heterocycles.